The summed E-state index contributed by atoms with van der Waals surface area (Å²) in [5.41, 5.74) is 3.53. The number of hydrogen-bond donors (Lipinski definition) is 1. The molecule has 7 nitrogen and oxygen atoms in total. The maximum Gasteiger partial charge on any atom is 0.194 e. The van der Waals surface area contributed by atoms with Crippen molar-refractivity contribution in [1.29, 1.82) is 0 Å². The second-order valence-electron chi connectivity index (χ2n) is 7.20. The van der Waals surface area contributed by atoms with Crippen molar-refractivity contribution in [3.8, 4) is 0 Å². The molecule has 0 unspecified atom stereocenters. The molecule has 0 amide bonds. The number of guanidine groups is 1. The molecule has 1 N–H and O–H groups in total. The van der Waals surface area contributed by atoms with E-state index in [1.807, 2.05) is 13.1 Å². The van der Waals surface area contributed by atoms with Crippen LogP contribution in [0.1, 0.15) is 11.3 Å². The van der Waals surface area contributed by atoms with Crippen molar-refractivity contribution in [1.82, 2.24) is 20.3 Å². The molecular weight excluding hydrogens is 352 g/mol. The third-order valence-corrected chi connectivity index (χ3v) is 5.33. The van der Waals surface area contributed by atoms with Gasteiger partial charge in [-0.15, -0.1) is 0 Å². The molecule has 3 heterocycles. The van der Waals surface area contributed by atoms with E-state index in [-0.39, 0.29) is 0 Å². The van der Waals surface area contributed by atoms with Crippen LogP contribution in [-0.2, 0) is 13.1 Å². The summed E-state index contributed by atoms with van der Waals surface area (Å²) in [5, 5.41) is 7.51. The predicted octanol–water partition coefficient (Wildman–Crippen LogP) is 1.94. The van der Waals surface area contributed by atoms with E-state index < -0.39 is 0 Å². The SMILES string of the molecule is CN=C(NCc1ccc(N2CC=CC2)cc1)N1CCN(Cc2ccon2)CC1. The van der Waals surface area contributed by atoms with Crippen molar-refractivity contribution < 1.29 is 4.52 Å². The maximum atomic E-state index is 4.92. The van der Waals surface area contributed by atoms with Gasteiger partial charge >= 0.3 is 0 Å². The Balaban J connectivity index is 1.24. The van der Waals surface area contributed by atoms with E-state index >= 15 is 0 Å². The number of anilines is 1. The lowest BCUT2D eigenvalue weighted by Crippen LogP contribution is -2.52. The topological polar surface area (TPSA) is 60.1 Å². The molecule has 7 heteroatoms. The zero-order valence-corrected chi connectivity index (χ0v) is 16.4. The largest absolute Gasteiger partial charge is 0.364 e. The van der Waals surface area contributed by atoms with E-state index in [0.717, 1.165) is 64.0 Å². The van der Waals surface area contributed by atoms with Gasteiger partial charge in [-0.05, 0) is 17.7 Å². The summed E-state index contributed by atoms with van der Waals surface area (Å²) in [7, 11) is 1.85. The first-order valence-electron chi connectivity index (χ1n) is 9.88. The Bertz CT molecular complexity index is 783. The highest BCUT2D eigenvalue weighted by atomic mass is 16.5. The minimum Gasteiger partial charge on any atom is -0.364 e. The van der Waals surface area contributed by atoms with Crippen LogP contribution in [0.25, 0.3) is 0 Å². The molecule has 0 aliphatic carbocycles. The van der Waals surface area contributed by atoms with Crippen LogP contribution in [0.2, 0.25) is 0 Å². The van der Waals surface area contributed by atoms with Crippen LogP contribution in [-0.4, -0.2) is 67.2 Å². The van der Waals surface area contributed by atoms with Gasteiger partial charge in [-0.3, -0.25) is 9.89 Å². The highest BCUT2D eigenvalue weighted by molar-refractivity contribution is 5.80. The average Bonchev–Trinajstić information content (AvgIpc) is 3.44. The maximum absolute atomic E-state index is 4.92. The first kappa shape index (κ1) is 18.6. The van der Waals surface area contributed by atoms with Gasteiger partial charge in [0.2, 0.25) is 0 Å². The summed E-state index contributed by atoms with van der Waals surface area (Å²) >= 11 is 0. The number of piperazine rings is 1. The summed E-state index contributed by atoms with van der Waals surface area (Å²) in [5.74, 6) is 0.967. The quantitative estimate of drug-likeness (QED) is 0.486. The number of aliphatic imine (C=N–C) groups is 1. The fourth-order valence-electron chi connectivity index (χ4n) is 3.69. The highest BCUT2D eigenvalue weighted by Gasteiger charge is 2.20. The van der Waals surface area contributed by atoms with Crippen LogP contribution >= 0.6 is 0 Å². The van der Waals surface area contributed by atoms with Crippen LogP contribution < -0.4 is 10.2 Å². The summed E-state index contributed by atoms with van der Waals surface area (Å²) in [6, 6.07) is 10.7. The molecule has 2 aliphatic heterocycles. The number of nitrogens with zero attached hydrogens (tertiary/aromatic N) is 5. The van der Waals surface area contributed by atoms with Crippen LogP contribution in [0.3, 0.4) is 0 Å². The average molecular weight is 380 g/mol. The first-order valence-corrected chi connectivity index (χ1v) is 9.88. The Hall–Kier alpha value is -2.80. The van der Waals surface area contributed by atoms with Crippen LogP contribution in [0, 0.1) is 0 Å². The lowest BCUT2D eigenvalue weighted by Gasteiger charge is -2.36. The van der Waals surface area contributed by atoms with Gasteiger partial charge in [-0.2, -0.15) is 0 Å². The molecular formula is C21H28N6O. The summed E-state index contributed by atoms with van der Waals surface area (Å²) in [6.07, 6.45) is 6.06. The number of aromatic nitrogens is 1. The van der Waals surface area contributed by atoms with Crippen molar-refractivity contribution in [2.75, 3.05) is 51.2 Å². The van der Waals surface area contributed by atoms with Crippen molar-refractivity contribution >= 4 is 11.6 Å². The molecule has 0 radical (unpaired) electrons. The number of hydrogen-bond acceptors (Lipinski definition) is 5. The zero-order valence-electron chi connectivity index (χ0n) is 16.4. The first-order chi connectivity index (χ1) is 13.8. The molecule has 4 rings (SSSR count). The van der Waals surface area contributed by atoms with Gasteiger partial charge in [0.1, 0.15) is 6.26 Å². The fraction of sp³-hybridized carbons (Fsp3) is 0.429. The predicted molar refractivity (Wildman–Crippen MR) is 111 cm³/mol. The van der Waals surface area contributed by atoms with Crippen LogP contribution in [0.5, 0.6) is 0 Å². The van der Waals surface area contributed by atoms with E-state index in [9.17, 15) is 0 Å². The third kappa shape index (κ3) is 4.54. The normalized spacial score (nSPS) is 18.1. The Morgan fingerprint density at radius 2 is 1.82 bits per heavy atom. The monoisotopic (exact) mass is 380 g/mol. The lowest BCUT2D eigenvalue weighted by atomic mass is 10.2. The Labute approximate surface area is 166 Å². The fourth-order valence-corrected chi connectivity index (χ4v) is 3.69. The van der Waals surface area contributed by atoms with Crippen molar-refractivity contribution in [3.63, 3.8) is 0 Å². The minimum absolute atomic E-state index is 0.782. The van der Waals surface area contributed by atoms with E-state index in [4.69, 9.17) is 4.52 Å². The minimum atomic E-state index is 0.782. The number of rotatable bonds is 5. The van der Waals surface area contributed by atoms with Crippen LogP contribution in [0.15, 0.2) is 58.3 Å². The van der Waals surface area contributed by atoms with E-state index in [2.05, 4.69) is 66.6 Å². The van der Waals surface area contributed by atoms with Gasteiger partial charge in [0.25, 0.3) is 0 Å². The standard InChI is InChI=1S/C21H28N6O/c1-22-21(27-13-11-25(12-14-27)17-19-8-15-28-24-19)23-16-18-4-6-20(7-5-18)26-9-2-3-10-26/h2-8,15H,9-14,16-17H2,1H3,(H,22,23). The second kappa shape index (κ2) is 8.93. The molecule has 28 heavy (non-hydrogen) atoms. The van der Waals surface area contributed by atoms with Gasteiger partial charge in [-0.25, -0.2) is 0 Å². The molecule has 148 valence electrons. The van der Waals surface area contributed by atoms with Crippen LogP contribution in [0.4, 0.5) is 5.69 Å². The molecule has 0 spiro atoms. The molecule has 0 bridgehead atoms. The molecule has 0 saturated carbocycles. The summed E-state index contributed by atoms with van der Waals surface area (Å²) < 4.78 is 4.92. The van der Waals surface area contributed by atoms with Gasteiger partial charge in [-0.1, -0.05) is 29.4 Å². The molecule has 2 aliphatic rings. The van der Waals surface area contributed by atoms with Gasteiger partial charge in [0.05, 0.1) is 5.69 Å². The molecule has 2 aromatic rings. The summed E-state index contributed by atoms with van der Waals surface area (Å²) in [4.78, 5) is 11.6. The molecule has 1 saturated heterocycles. The van der Waals surface area contributed by atoms with E-state index in [0.29, 0.717) is 0 Å². The molecule has 1 aromatic heterocycles. The third-order valence-electron chi connectivity index (χ3n) is 5.33. The van der Waals surface area contributed by atoms with E-state index in [1.165, 1.54) is 11.3 Å². The molecule has 1 fully saturated rings. The van der Waals surface area contributed by atoms with Gasteiger partial charge in [0, 0.05) is 71.2 Å². The highest BCUT2D eigenvalue weighted by Crippen LogP contribution is 2.17. The Kier molecular flexibility index (Phi) is 5.92. The summed E-state index contributed by atoms with van der Waals surface area (Å²) in [6.45, 7) is 7.54. The Morgan fingerprint density at radius 1 is 1.07 bits per heavy atom. The molecule has 1 aromatic carbocycles. The van der Waals surface area contributed by atoms with Crippen molar-refractivity contribution in [2.45, 2.75) is 13.1 Å². The number of nitrogens with one attached hydrogen (secondary N) is 1. The van der Waals surface area contributed by atoms with Crippen molar-refractivity contribution in [2.24, 2.45) is 4.99 Å². The van der Waals surface area contributed by atoms with Gasteiger partial charge < -0.3 is 19.6 Å². The van der Waals surface area contributed by atoms with E-state index in [1.54, 1.807) is 6.26 Å². The molecule has 0 atom stereocenters. The smallest absolute Gasteiger partial charge is 0.194 e. The second-order valence-corrected chi connectivity index (χ2v) is 7.20. The zero-order chi connectivity index (χ0) is 19.2. The van der Waals surface area contributed by atoms with Gasteiger partial charge in [0.15, 0.2) is 5.96 Å². The Morgan fingerprint density at radius 3 is 2.46 bits per heavy atom. The lowest BCUT2D eigenvalue weighted by molar-refractivity contribution is 0.169. The number of benzene rings is 1. The van der Waals surface area contributed by atoms with Crippen molar-refractivity contribution in [3.05, 3.63) is 60.0 Å².